The van der Waals surface area contributed by atoms with Gasteiger partial charge in [-0.3, -0.25) is 4.90 Å². The minimum atomic E-state index is -2.87. The molecule has 0 spiro atoms. The van der Waals surface area contributed by atoms with E-state index in [0.29, 0.717) is 29.5 Å². The Morgan fingerprint density at radius 2 is 1.97 bits per heavy atom. The average molecular weight is 478 g/mol. The number of rotatable bonds is 5. The van der Waals surface area contributed by atoms with Crippen molar-refractivity contribution in [3.63, 3.8) is 0 Å². The van der Waals surface area contributed by atoms with Crippen molar-refractivity contribution in [3.05, 3.63) is 39.9 Å². The zero-order valence-electron chi connectivity index (χ0n) is 17.6. The molecular formula is C21H27N5O2S3. The van der Waals surface area contributed by atoms with E-state index in [1.165, 1.54) is 9.71 Å². The van der Waals surface area contributed by atoms with Crippen molar-refractivity contribution in [1.82, 2.24) is 24.2 Å². The van der Waals surface area contributed by atoms with Crippen LogP contribution < -0.4 is 0 Å². The fourth-order valence-electron chi connectivity index (χ4n) is 4.67. The summed E-state index contributed by atoms with van der Waals surface area (Å²) < 4.78 is 29.3. The first-order chi connectivity index (χ1) is 14.9. The van der Waals surface area contributed by atoms with Gasteiger partial charge in [0.2, 0.25) is 0 Å². The van der Waals surface area contributed by atoms with Crippen LogP contribution in [-0.4, -0.2) is 57.2 Å². The van der Waals surface area contributed by atoms with Crippen molar-refractivity contribution in [1.29, 1.82) is 0 Å². The molecule has 31 heavy (non-hydrogen) atoms. The van der Waals surface area contributed by atoms with Gasteiger partial charge in [0, 0.05) is 32.5 Å². The van der Waals surface area contributed by atoms with E-state index in [-0.39, 0.29) is 11.7 Å². The molecule has 0 radical (unpaired) electrons. The van der Waals surface area contributed by atoms with Crippen LogP contribution in [0.3, 0.4) is 0 Å². The predicted octanol–water partition coefficient (Wildman–Crippen LogP) is 3.38. The Bertz CT molecular complexity index is 1220. The Morgan fingerprint density at radius 1 is 1.19 bits per heavy atom. The maximum atomic E-state index is 11.8. The van der Waals surface area contributed by atoms with Gasteiger partial charge in [0.25, 0.3) is 0 Å². The first-order valence-electron chi connectivity index (χ1n) is 10.8. The highest BCUT2D eigenvalue weighted by molar-refractivity contribution is 7.91. The number of hydrogen-bond donors (Lipinski definition) is 0. The molecule has 0 amide bonds. The summed E-state index contributed by atoms with van der Waals surface area (Å²) in [7, 11) is -0.939. The number of nitrogens with zero attached hydrogens (tertiary/aromatic N) is 5. The SMILES string of the molecule is Cn1c(CC2CCS(=O)(=O)C2)nn(CN2CCC(c3nc4ccccc4s3)CC2)c1=S. The molecule has 0 aliphatic carbocycles. The van der Waals surface area contributed by atoms with Gasteiger partial charge >= 0.3 is 0 Å². The van der Waals surface area contributed by atoms with Gasteiger partial charge in [0.15, 0.2) is 14.6 Å². The maximum absolute atomic E-state index is 11.8. The van der Waals surface area contributed by atoms with Crippen LogP contribution in [0, 0.1) is 10.7 Å². The molecular weight excluding hydrogens is 450 g/mol. The summed E-state index contributed by atoms with van der Waals surface area (Å²) in [6.45, 7) is 2.67. The lowest BCUT2D eigenvalue weighted by Crippen LogP contribution is -2.35. The topological polar surface area (TPSA) is 73.0 Å². The van der Waals surface area contributed by atoms with Crippen LogP contribution in [0.1, 0.15) is 36.0 Å². The first kappa shape index (κ1) is 21.2. The lowest BCUT2D eigenvalue weighted by atomic mass is 9.98. The van der Waals surface area contributed by atoms with Crippen LogP contribution in [0.25, 0.3) is 10.2 Å². The molecule has 3 aromatic rings. The van der Waals surface area contributed by atoms with E-state index < -0.39 is 9.84 Å². The highest BCUT2D eigenvalue weighted by Crippen LogP contribution is 2.34. The third kappa shape index (κ3) is 4.48. The molecule has 0 bridgehead atoms. The molecule has 2 aliphatic rings. The normalized spacial score (nSPS) is 22.4. The third-order valence-corrected chi connectivity index (χ3v) is 10.0. The minimum Gasteiger partial charge on any atom is -0.307 e. The minimum absolute atomic E-state index is 0.151. The summed E-state index contributed by atoms with van der Waals surface area (Å²) in [5, 5.41) is 6.00. The second-order valence-electron chi connectivity index (χ2n) is 8.78. The number of likely N-dealkylation sites (tertiary alicyclic amines) is 1. The van der Waals surface area contributed by atoms with Crippen LogP contribution in [-0.2, 0) is 30.0 Å². The van der Waals surface area contributed by atoms with Gasteiger partial charge in [0.05, 0.1) is 33.4 Å². The van der Waals surface area contributed by atoms with Gasteiger partial charge in [0.1, 0.15) is 5.82 Å². The summed E-state index contributed by atoms with van der Waals surface area (Å²) >= 11 is 7.44. The standard InChI is InChI=1S/C21H27N5O2S3/c1-24-19(12-15-8-11-31(27,28)13-15)23-26(21(24)29)14-25-9-6-16(7-10-25)20-22-17-4-2-3-5-18(17)30-20/h2-5,15-16H,6-14H2,1H3. The second-order valence-corrected chi connectivity index (χ2v) is 12.4. The van der Waals surface area contributed by atoms with Crippen molar-refractivity contribution in [2.24, 2.45) is 13.0 Å². The molecule has 4 heterocycles. The van der Waals surface area contributed by atoms with Crippen molar-refractivity contribution < 1.29 is 8.42 Å². The van der Waals surface area contributed by atoms with E-state index >= 15 is 0 Å². The van der Waals surface area contributed by atoms with Crippen molar-refractivity contribution >= 4 is 43.6 Å². The lowest BCUT2D eigenvalue weighted by Gasteiger charge is -2.30. The summed E-state index contributed by atoms with van der Waals surface area (Å²) in [5.41, 5.74) is 1.10. The van der Waals surface area contributed by atoms with E-state index in [1.54, 1.807) is 0 Å². The zero-order chi connectivity index (χ0) is 21.6. The van der Waals surface area contributed by atoms with Crippen molar-refractivity contribution in [2.45, 2.75) is 38.3 Å². The Balaban J connectivity index is 1.21. The average Bonchev–Trinajstić information content (AvgIpc) is 3.41. The molecule has 166 valence electrons. The van der Waals surface area contributed by atoms with Crippen LogP contribution in [0.2, 0.25) is 0 Å². The van der Waals surface area contributed by atoms with Crippen LogP contribution >= 0.6 is 23.6 Å². The maximum Gasteiger partial charge on any atom is 0.198 e. The quantitative estimate of drug-likeness (QED) is 0.525. The molecule has 5 rings (SSSR count). The monoisotopic (exact) mass is 477 g/mol. The molecule has 0 N–H and O–H groups in total. The first-order valence-corrected chi connectivity index (χ1v) is 13.8. The molecule has 2 aromatic heterocycles. The third-order valence-electron chi connectivity index (χ3n) is 6.51. The van der Waals surface area contributed by atoms with Crippen LogP contribution in [0.4, 0.5) is 0 Å². The van der Waals surface area contributed by atoms with E-state index in [4.69, 9.17) is 22.3 Å². The van der Waals surface area contributed by atoms with Gasteiger partial charge in [-0.05, 0) is 49.5 Å². The molecule has 1 aromatic carbocycles. The number of aromatic nitrogens is 4. The number of fused-ring (bicyclic) bond motifs is 1. The smallest absolute Gasteiger partial charge is 0.198 e. The molecule has 7 nitrogen and oxygen atoms in total. The number of hydrogen-bond acceptors (Lipinski definition) is 7. The molecule has 10 heteroatoms. The van der Waals surface area contributed by atoms with Crippen molar-refractivity contribution in [3.8, 4) is 0 Å². The number of thiazole rings is 1. The van der Waals surface area contributed by atoms with Crippen LogP contribution in [0.15, 0.2) is 24.3 Å². The summed E-state index contributed by atoms with van der Waals surface area (Å²) in [4.78, 5) is 7.25. The Kier molecular flexibility index (Phi) is 5.74. The van der Waals surface area contributed by atoms with E-state index in [1.807, 2.05) is 33.7 Å². The molecule has 1 atom stereocenters. The van der Waals surface area contributed by atoms with Gasteiger partial charge in [-0.15, -0.1) is 11.3 Å². The highest BCUT2D eigenvalue weighted by Gasteiger charge is 2.29. The van der Waals surface area contributed by atoms with E-state index in [2.05, 4.69) is 23.1 Å². The Hall–Kier alpha value is -1.62. The second kappa shape index (κ2) is 8.38. The molecule has 0 saturated carbocycles. The number of piperidine rings is 1. The zero-order valence-corrected chi connectivity index (χ0v) is 20.1. The van der Waals surface area contributed by atoms with Gasteiger partial charge in [-0.1, -0.05) is 12.1 Å². The number of benzene rings is 1. The largest absolute Gasteiger partial charge is 0.307 e. The lowest BCUT2D eigenvalue weighted by molar-refractivity contribution is 0.160. The van der Waals surface area contributed by atoms with Crippen LogP contribution in [0.5, 0.6) is 0 Å². The van der Waals surface area contributed by atoms with Crippen molar-refractivity contribution in [2.75, 3.05) is 24.6 Å². The van der Waals surface area contributed by atoms with E-state index in [9.17, 15) is 8.42 Å². The number of para-hydroxylation sites is 1. The Labute approximate surface area is 191 Å². The summed E-state index contributed by atoms with van der Waals surface area (Å²) in [5.74, 6) is 2.12. The Morgan fingerprint density at radius 3 is 2.68 bits per heavy atom. The van der Waals surface area contributed by atoms with Gasteiger partial charge in [-0.2, -0.15) is 5.10 Å². The summed E-state index contributed by atoms with van der Waals surface area (Å²) in [6, 6.07) is 8.35. The van der Waals surface area contributed by atoms with E-state index in [0.717, 1.165) is 43.7 Å². The highest BCUT2D eigenvalue weighted by atomic mass is 32.2. The predicted molar refractivity (Wildman–Crippen MR) is 126 cm³/mol. The van der Waals surface area contributed by atoms with Gasteiger partial charge < -0.3 is 4.57 Å². The fourth-order valence-corrected chi connectivity index (χ4v) is 7.87. The molecule has 2 saturated heterocycles. The fraction of sp³-hybridized carbons (Fsp3) is 0.571. The van der Waals surface area contributed by atoms with Gasteiger partial charge in [-0.25, -0.2) is 18.1 Å². The number of sulfone groups is 1. The molecule has 1 unspecified atom stereocenters. The summed E-state index contributed by atoms with van der Waals surface area (Å²) in [6.07, 6.45) is 3.58. The molecule has 2 aliphatic heterocycles. The molecule has 2 fully saturated rings.